The summed E-state index contributed by atoms with van der Waals surface area (Å²) in [4.78, 5) is 0. The summed E-state index contributed by atoms with van der Waals surface area (Å²) in [6.07, 6.45) is 3.87. The van der Waals surface area contributed by atoms with Crippen molar-refractivity contribution in [1.29, 1.82) is 5.26 Å². The molecule has 0 spiro atoms. The van der Waals surface area contributed by atoms with E-state index in [1.165, 1.54) is 12.8 Å². The van der Waals surface area contributed by atoms with Crippen LogP contribution >= 0.6 is 11.6 Å². The summed E-state index contributed by atoms with van der Waals surface area (Å²) < 4.78 is 5.87. The molecule has 1 aromatic rings. The van der Waals surface area contributed by atoms with Crippen LogP contribution in [0.3, 0.4) is 0 Å². The number of hydrogen-bond donors (Lipinski definition) is 0. The second-order valence-corrected chi connectivity index (χ2v) is 4.73. The number of nitrogens with zero attached hydrogens (tertiary/aromatic N) is 1. The minimum Gasteiger partial charge on any atom is -0.490 e. The van der Waals surface area contributed by atoms with Crippen molar-refractivity contribution in [2.24, 2.45) is 5.92 Å². The lowest BCUT2D eigenvalue weighted by molar-refractivity contribution is 0.167. The maximum atomic E-state index is 8.76. The molecule has 1 saturated carbocycles. The zero-order valence-electron chi connectivity index (χ0n) is 9.24. The molecule has 1 aromatic carbocycles. The lowest BCUT2D eigenvalue weighted by Gasteiger charge is -2.18. The van der Waals surface area contributed by atoms with E-state index < -0.39 is 0 Å². The van der Waals surface area contributed by atoms with Crippen LogP contribution in [0.25, 0.3) is 0 Å². The average molecular weight is 236 g/mol. The van der Waals surface area contributed by atoms with Gasteiger partial charge in [-0.05, 0) is 37.3 Å². The van der Waals surface area contributed by atoms with Gasteiger partial charge >= 0.3 is 0 Å². The Kier molecular flexibility index (Phi) is 3.36. The van der Waals surface area contributed by atoms with Crippen LogP contribution in [0.15, 0.2) is 18.2 Å². The van der Waals surface area contributed by atoms with Gasteiger partial charge in [-0.15, -0.1) is 0 Å². The first-order valence-electron chi connectivity index (χ1n) is 5.57. The Morgan fingerprint density at radius 2 is 2.25 bits per heavy atom. The topological polar surface area (TPSA) is 33.0 Å². The Morgan fingerprint density at radius 3 is 2.81 bits per heavy atom. The molecule has 2 nitrogen and oxygen atoms in total. The first-order valence-corrected chi connectivity index (χ1v) is 5.95. The minimum absolute atomic E-state index is 0.295. The number of ether oxygens (including phenoxy) is 1. The molecule has 0 saturated heterocycles. The Labute approximate surface area is 101 Å². The number of hydrogen-bond acceptors (Lipinski definition) is 2. The largest absolute Gasteiger partial charge is 0.490 e. The van der Waals surface area contributed by atoms with Crippen LogP contribution in [0.1, 0.15) is 31.7 Å². The summed E-state index contributed by atoms with van der Waals surface area (Å²) in [6.45, 7) is 2.21. The summed E-state index contributed by atoms with van der Waals surface area (Å²) in [5.74, 6) is 1.37. The monoisotopic (exact) mass is 235 g/mol. The molecule has 0 heterocycles. The summed E-state index contributed by atoms with van der Waals surface area (Å²) in [5, 5.41) is 9.22. The second-order valence-electron chi connectivity index (χ2n) is 4.32. The van der Waals surface area contributed by atoms with Crippen LogP contribution in [0, 0.1) is 17.2 Å². The molecule has 0 radical (unpaired) electrons. The van der Waals surface area contributed by atoms with Gasteiger partial charge in [0.05, 0.1) is 10.6 Å². The lowest BCUT2D eigenvalue weighted by atomic mass is 10.1. The highest BCUT2D eigenvalue weighted by Gasteiger charge is 2.25. The predicted octanol–water partition coefficient (Wildman–Crippen LogP) is 3.78. The van der Waals surface area contributed by atoms with Crippen molar-refractivity contribution >= 4 is 11.6 Å². The van der Waals surface area contributed by atoms with Crippen molar-refractivity contribution in [2.75, 3.05) is 0 Å². The molecule has 0 amide bonds. The van der Waals surface area contributed by atoms with Crippen LogP contribution in [0.2, 0.25) is 5.02 Å². The molecule has 0 aliphatic heterocycles. The van der Waals surface area contributed by atoms with E-state index in [1.807, 2.05) is 12.1 Å². The van der Waals surface area contributed by atoms with E-state index in [1.54, 1.807) is 12.1 Å². The third-order valence-electron chi connectivity index (χ3n) is 3.13. The molecule has 2 rings (SSSR count). The van der Waals surface area contributed by atoms with E-state index in [4.69, 9.17) is 21.6 Å². The van der Waals surface area contributed by atoms with Crippen molar-refractivity contribution in [1.82, 2.24) is 0 Å². The normalized spacial score (nSPS) is 24.1. The maximum absolute atomic E-state index is 8.76. The number of nitriles is 1. The molecule has 0 aromatic heterocycles. The fourth-order valence-electron chi connectivity index (χ4n) is 2.12. The van der Waals surface area contributed by atoms with Gasteiger partial charge in [0.1, 0.15) is 17.9 Å². The molecule has 84 valence electrons. The lowest BCUT2D eigenvalue weighted by Crippen LogP contribution is -2.18. The Bertz CT molecular complexity index is 424. The molecule has 0 bridgehead atoms. The van der Waals surface area contributed by atoms with E-state index in [0.29, 0.717) is 22.6 Å². The molecule has 0 N–H and O–H groups in total. The van der Waals surface area contributed by atoms with Gasteiger partial charge in [-0.1, -0.05) is 18.5 Å². The van der Waals surface area contributed by atoms with E-state index in [0.717, 1.165) is 12.2 Å². The second kappa shape index (κ2) is 4.76. The fraction of sp³-hybridized carbons (Fsp3) is 0.462. The van der Waals surface area contributed by atoms with Crippen molar-refractivity contribution in [3.63, 3.8) is 0 Å². The SMILES string of the molecule is CC1CCCC1Oc1ccc(C#N)c(Cl)c1. The van der Waals surface area contributed by atoms with E-state index >= 15 is 0 Å². The van der Waals surface area contributed by atoms with Gasteiger partial charge in [0.15, 0.2) is 0 Å². The van der Waals surface area contributed by atoms with Gasteiger partial charge in [0.25, 0.3) is 0 Å². The molecule has 1 aliphatic rings. The van der Waals surface area contributed by atoms with Crippen LogP contribution in [0.4, 0.5) is 0 Å². The molecule has 1 fully saturated rings. The van der Waals surface area contributed by atoms with Crippen LogP contribution in [-0.2, 0) is 0 Å². The first kappa shape index (κ1) is 11.3. The van der Waals surface area contributed by atoms with Gasteiger partial charge in [0.2, 0.25) is 0 Å². The zero-order chi connectivity index (χ0) is 11.5. The van der Waals surface area contributed by atoms with Crippen molar-refractivity contribution in [3.8, 4) is 11.8 Å². The Balaban J connectivity index is 2.11. The van der Waals surface area contributed by atoms with Crippen molar-refractivity contribution in [2.45, 2.75) is 32.3 Å². The summed E-state index contributed by atoms with van der Waals surface area (Å²) >= 11 is 5.95. The highest BCUT2D eigenvalue weighted by molar-refractivity contribution is 6.31. The predicted molar refractivity (Wildman–Crippen MR) is 63.6 cm³/mol. The third-order valence-corrected chi connectivity index (χ3v) is 3.44. The molecule has 2 atom stereocenters. The number of halogens is 1. The molecule has 16 heavy (non-hydrogen) atoms. The van der Waals surface area contributed by atoms with Crippen LogP contribution in [0.5, 0.6) is 5.75 Å². The van der Waals surface area contributed by atoms with Gasteiger partial charge in [-0.2, -0.15) is 5.26 Å². The van der Waals surface area contributed by atoms with Gasteiger partial charge in [0, 0.05) is 6.07 Å². The quantitative estimate of drug-likeness (QED) is 0.782. The van der Waals surface area contributed by atoms with E-state index in [9.17, 15) is 0 Å². The van der Waals surface area contributed by atoms with Gasteiger partial charge < -0.3 is 4.74 Å². The Hall–Kier alpha value is -1.20. The van der Waals surface area contributed by atoms with E-state index in [-0.39, 0.29) is 0 Å². The maximum Gasteiger partial charge on any atom is 0.121 e. The molecule has 1 aliphatic carbocycles. The average Bonchev–Trinajstić information content (AvgIpc) is 2.65. The standard InChI is InChI=1S/C13H14ClNO/c1-9-3-2-4-13(9)16-11-6-5-10(8-15)12(14)7-11/h5-7,9,13H,2-4H2,1H3. The van der Waals surface area contributed by atoms with Gasteiger partial charge in [-0.25, -0.2) is 0 Å². The fourth-order valence-corrected chi connectivity index (χ4v) is 2.33. The van der Waals surface area contributed by atoms with Crippen molar-refractivity contribution < 1.29 is 4.74 Å². The summed E-state index contributed by atoms with van der Waals surface area (Å²) in [5.41, 5.74) is 0.494. The van der Waals surface area contributed by atoms with Gasteiger partial charge in [-0.3, -0.25) is 0 Å². The van der Waals surface area contributed by atoms with Crippen LogP contribution < -0.4 is 4.74 Å². The first-order chi connectivity index (χ1) is 7.70. The molecular formula is C13H14ClNO. The third kappa shape index (κ3) is 2.31. The zero-order valence-corrected chi connectivity index (χ0v) is 10.00. The number of benzene rings is 1. The minimum atomic E-state index is 0.295. The van der Waals surface area contributed by atoms with Crippen molar-refractivity contribution in [3.05, 3.63) is 28.8 Å². The number of rotatable bonds is 2. The summed E-state index contributed by atoms with van der Waals surface area (Å²) in [6, 6.07) is 7.29. The van der Waals surface area contributed by atoms with E-state index in [2.05, 4.69) is 6.92 Å². The summed E-state index contributed by atoms with van der Waals surface area (Å²) in [7, 11) is 0. The molecule has 2 unspecified atom stereocenters. The Morgan fingerprint density at radius 1 is 1.44 bits per heavy atom. The smallest absolute Gasteiger partial charge is 0.121 e. The molecule has 3 heteroatoms. The highest BCUT2D eigenvalue weighted by atomic mass is 35.5. The highest BCUT2D eigenvalue weighted by Crippen LogP contribution is 2.30. The molecular weight excluding hydrogens is 222 g/mol. The van der Waals surface area contributed by atoms with Crippen LogP contribution in [-0.4, -0.2) is 6.10 Å².